The average Bonchev–Trinajstić information content (AvgIpc) is 3.12. The predicted molar refractivity (Wildman–Crippen MR) is 80.4 cm³/mol. The molecule has 0 saturated heterocycles. The molecule has 2 N–H and O–H groups in total. The summed E-state index contributed by atoms with van der Waals surface area (Å²) < 4.78 is 5.59. The fraction of sp³-hybridized carbons (Fsp3) is 0.118. The first kappa shape index (κ1) is 12.0. The number of nitrogens with one attached hydrogen (secondary N) is 2. The number of aromatic nitrogens is 1. The topological polar surface area (TPSA) is 54.1 Å². The second-order valence-corrected chi connectivity index (χ2v) is 5.12. The van der Waals surface area contributed by atoms with E-state index in [9.17, 15) is 4.79 Å². The van der Waals surface area contributed by atoms with Gasteiger partial charge in [0.2, 0.25) is 0 Å². The van der Waals surface area contributed by atoms with Crippen LogP contribution in [0.25, 0.3) is 10.9 Å². The summed E-state index contributed by atoms with van der Waals surface area (Å²) in [6.45, 7) is 0.480. The summed E-state index contributed by atoms with van der Waals surface area (Å²) in [5.41, 5.74) is 2.66. The lowest BCUT2D eigenvalue weighted by molar-refractivity contribution is 0.0932. The Kier molecular flexibility index (Phi) is 2.67. The van der Waals surface area contributed by atoms with Crippen LogP contribution in [-0.2, 0) is 0 Å². The molecule has 4 rings (SSSR count). The molecule has 0 radical (unpaired) electrons. The van der Waals surface area contributed by atoms with E-state index in [1.807, 2.05) is 48.5 Å². The van der Waals surface area contributed by atoms with Gasteiger partial charge in [0.25, 0.3) is 5.91 Å². The summed E-state index contributed by atoms with van der Waals surface area (Å²) in [6, 6.07) is 15.5. The van der Waals surface area contributed by atoms with Crippen LogP contribution in [0.15, 0.2) is 54.7 Å². The molecule has 0 fully saturated rings. The third kappa shape index (κ3) is 1.96. The molecule has 21 heavy (non-hydrogen) atoms. The average molecular weight is 278 g/mol. The molecule has 4 nitrogen and oxygen atoms in total. The highest BCUT2D eigenvalue weighted by Gasteiger charge is 2.26. The van der Waals surface area contributed by atoms with Gasteiger partial charge >= 0.3 is 0 Å². The van der Waals surface area contributed by atoms with Gasteiger partial charge in [-0.25, -0.2) is 0 Å². The summed E-state index contributed by atoms with van der Waals surface area (Å²) in [5, 5.41) is 3.98. The summed E-state index contributed by atoms with van der Waals surface area (Å²) in [6.07, 6.45) is 1.75. The molecular formula is C17H14N2O2. The molecule has 1 aliphatic rings. The van der Waals surface area contributed by atoms with Crippen LogP contribution in [0.3, 0.4) is 0 Å². The number of H-pyrrole nitrogens is 1. The van der Waals surface area contributed by atoms with Gasteiger partial charge in [-0.15, -0.1) is 0 Å². The minimum Gasteiger partial charge on any atom is -0.491 e. The van der Waals surface area contributed by atoms with Crippen molar-refractivity contribution in [3.8, 4) is 5.75 Å². The van der Waals surface area contributed by atoms with E-state index >= 15 is 0 Å². The van der Waals surface area contributed by atoms with Crippen LogP contribution in [0, 0.1) is 0 Å². The van der Waals surface area contributed by atoms with Crippen LogP contribution < -0.4 is 10.1 Å². The van der Waals surface area contributed by atoms with Crippen molar-refractivity contribution in [2.75, 3.05) is 6.61 Å². The maximum atomic E-state index is 12.5. The van der Waals surface area contributed by atoms with Crippen molar-refractivity contribution < 1.29 is 9.53 Å². The highest BCUT2D eigenvalue weighted by atomic mass is 16.5. The van der Waals surface area contributed by atoms with E-state index in [1.54, 1.807) is 6.20 Å². The number of hydrogen-bond donors (Lipinski definition) is 2. The number of para-hydroxylation sites is 2. The molecule has 1 aromatic heterocycles. The third-order valence-electron chi connectivity index (χ3n) is 3.84. The van der Waals surface area contributed by atoms with E-state index in [4.69, 9.17) is 4.74 Å². The standard InChI is InChI=1S/C17H14N2O2/c20-17(13-9-18-14-7-3-1-5-11(13)14)19-15-10-21-16-8-4-2-6-12(15)16/h1-9,15,18H,10H2,(H,19,20). The van der Waals surface area contributed by atoms with Crippen molar-refractivity contribution in [3.05, 3.63) is 65.9 Å². The highest BCUT2D eigenvalue weighted by molar-refractivity contribution is 6.06. The zero-order chi connectivity index (χ0) is 14.2. The molecule has 1 unspecified atom stereocenters. The molecule has 0 saturated carbocycles. The predicted octanol–water partition coefficient (Wildman–Crippen LogP) is 3.03. The quantitative estimate of drug-likeness (QED) is 0.757. The number of amides is 1. The molecule has 2 heterocycles. The van der Waals surface area contributed by atoms with Crippen molar-refractivity contribution >= 4 is 16.8 Å². The summed E-state index contributed by atoms with van der Waals surface area (Å²) >= 11 is 0. The number of fused-ring (bicyclic) bond motifs is 2. The van der Waals surface area contributed by atoms with E-state index < -0.39 is 0 Å². The minimum atomic E-state index is -0.0950. The molecule has 0 aliphatic carbocycles. The number of ether oxygens (including phenoxy) is 1. The van der Waals surface area contributed by atoms with Gasteiger partial charge in [0.05, 0.1) is 11.6 Å². The van der Waals surface area contributed by atoms with Crippen molar-refractivity contribution in [3.63, 3.8) is 0 Å². The zero-order valence-corrected chi connectivity index (χ0v) is 11.3. The van der Waals surface area contributed by atoms with Crippen LogP contribution in [0.2, 0.25) is 0 Å². The Hall–Kier alpha value is -2.75. The van der Waals surface area contributed by atoms with E-state index in [2.05, 4.69) is 10.3 Å². The zero-order valence-electron chi connectivity index (χ0n) is 11.3. The second kappa shape index (κ2) is 4.66. The maximum Gasteiger partial charge on any atom is 0.254 e. The van der Waals surface area contributed by atoms with Gasteiger partial charge in [-0.05, 0) is 12.1 Å². The first-order valence-electron chi connectivity index (χ1n) is 6.91. The third-order valence-corrected chi connectivity index (χ3v) is 3.84. The molecule has 0 spiro atoms. The largest absolute Gasteiger partial charge is 0.491 e. The number of carbonyl (C=O) groups excluding carboxylic acids is 1. The SMILES string of the molecule is O=C(NC1COc2ccccc21)c1c[nH]c2ccccc12. The van der Waals surface area contributed by atoms with Gasteiger partial charge in [0.1, 0.15) is 12.4 Å². The van der Waals surface area contributed by atoms with Gasteiger partial charge in [-0.1, -0.05) is 36.4 Å². The highest BCUT2D eigenvalue weighted by Crippen LogP contribution is 2.32. The lowest BCUT2D eigenvalue weighted by Gasteiger charge is -2.11. The first-order valence-corrected chi connectivity index (χ1v) is 6.91. The molecule has 1 aliphatic heterocycles. The van der Waals surface area contributed by atoms with Crippen molar-refractivity contribution in [1.82, 2.24) is 10.3 Å². The monoisotopic (exact) mass is 278 g/mol. The van der Waals surface area contributed by atoms with Crippen LogP contribution in [0.4, 0.5) is 0 Å². The lowest BCUT2D eigenvalue weighted by atomic mass is 10.1. The maximum absolute atomic E-state index is 12.5. The minimum absolute atomic E-state index is 0.0854. The van der Waals surface area contributed by atoms with E-state index in [0.717, 1.165) is 22.2 Å². The van der Waals surface area contributed by atoms with Gasteiger partial charge in [0.15, 0.2) is 0 Å². The molecule has 4 heteroatoms. The van der Waals surface area contributed by atoms with Gasteiger partial charge in [-0.3, -0.25) is 4.79 Å². The lowest BCUT2D eigenvalue weighted by Crippen LogP contribution is -2.29. The van der Waals surface area contributed by atoms with Gasteiger partial charge in [-0.2, -0.15) is 0 Å². The number of aromatic amines is 1. The van der Waals surface area contributed by atoms with E-state index in [-0.39, 0.29) is 11.9 Å². The van der Waals surface area contributed by atoms with Crippen LogP contribution in [0.1, 0.15) is 22.0 Å². The normalized spacial score (nSPS) is 16.5. The molecule has 1 amide bonds. The summed E-state index contributed by atoms with van der Waals surface area (Å²) in [5.74, 6) is 0.763. The van der Waals surface area contributed by atoms with Crippen LogP contribution in [-0.4, -0.2) is 17.5 Å². The fourth-order valence-corrected chi connectivity index (χ4v) is 2.78. The Morgan fingerprint density at radius 3 is 2.90 bits per heavy atom. The van der Waals surface area contributed by atoms with Crippen molar-refractivity contribution in [2.45, 2.75) is 6.04 Å². The Bertz CT molecular complexity index is 822. The molecule has 0 bridgehead atoms. The Balaban J connectivity index is 1.62. The number of hydrogen-bond acceptors (Lipinski definition) is 2. The smallest absolute Gasteiger partial charge is 0.254 e. The van der Waals surface area contributed by atoms with Crippen molar-refractivity contribution in [2.24, 2.45) is 0 Å². The first-order chi connectivity index (χ1) is 10.3. The van der Waals surface area contributed by atoms with Crippen LogP contribution in [0.5, 0.6) is 5.75 Å². The molecule has 3 aromatic rings. The molecular weight excluding hydrogens is 264 g/mol. The number of benzene rings is 2. The molecule has 2 aromatic carbocycles. The van der Waals surface area contributed by atoms with E-state index in [0.29, 0.717) is 12.2 Å². The van der Waals surface area contributed by atoms with Gasteiger partial charge < -0.3 is 15.0 Å². The summed E-state index contributed by atoms with van der Waals surface area (Å²) in [7, 11) is 0. The Morgan fingerprint density at radius 2 is 1.95 bits per heavy atom. The summed E-state index contributed by atoms with van der Waals surface area (Å²) in [4.78, 5) is 15.6. The van der Waals surface area contributed by atoms with E-state index in [1.165, 1.54) is 0 Å². The number of rotatable bonds is 2. The number of carbonyl (C=O) groups is 1. The van der Waals surface area contributed by atoms with Gasteiger partial charge in [0, 0.05) is 22.7 Å². The molecule has 1 atom stereocenters. The Morgan fingerprint density at radius 1 is 1.14 bits per heavy atom. The molecule has 104 valence electrons. The fourth-order valence-electron chi connectivity index (χ4n) is 2.78. The Labute approximate surface area is 121 Å². The second-order valence-electron chi connectivity index (χ2n) is 5.12. The van der Waals surface area contributed by atoms with Crippen LogP contribution >= 0.6 is 0 Å². The van der Waals surface area contributed by atoms with Crippen molar-refractivity contribution in [1.29, 1.82) is 0 Å².